The van der Waals surface area contributed by atoms with Gasteiger partial charge >= 0.3 is 0 Å². The SMILES string of the molecule is CNCC1Cc2c([nH]c3ccccc23)CN1. The smallest absolute Gasteiger partial charge is 0.0459 e. The Morgan fingerprint density at radius 3 is 3.12 bits per heavy atom. The van der Waals surface area contributed by atoms with Crippen LogP contribution in [0.4, 0.5) is 0 Å². The van der Waals surface area contributed by atoms with E-state index in [4.69, 9.17) is 0 Å². The van der Waals surface area contributed by atoms with Gasteiger partial charge in [0.1, 0.15) is 0 Å². The highest BCUT2D eigenvalue weighted by Gasteiger charge is 2.20. The van der Waals surface area contributed by atoms with Gasteiger partial charge < -0.3 is 15.6 Å². The maximum atomic E-state index is 3.54. The fourth-order valence-corrected chi connectivity index (χ4v) is 2.60. The summed E-state index contributed by atoms with van der Waals surface area (Å²) in [6.07, 6.45) is 1.11. The number of aromatic nitrogens is 1. The molecule has 3 rings (SSSR count). The molecule has 1 unspecified atom stereocenters. The van der Waals surface area contributed by atoms with E-state index in [1.54, 1.807) is 0 Å². The van der Waals surface area contributed by atoms with Crippen molar-refractivity contribution < 1.29 is 0 Å². The zero-order valence-corrected chi connectivity index (χ0v) is 9.51. The standard InChI is InChI=1S/C13H17N3/c1-14-7-9-6-11-10-4-2-3-5-12(10)16-13(11)8-15-9/h2-5,9,14-16H,6-8H2,1H3. The molecule has 2 aromatic rings. The molecule has 1 aliphatic heterocycles. The second kappa shape index (κ2) is 3.92. The molecule has 0 spiro atoms. The third-order valence-electron chi connectivity index (χ3n) is 3.37. The van der Waals surface area contributed by atoms with Gasteiger partial charge in [-0.15, -0.1) is 0 Å². The summed E-state index contributed by atoms with van der Waals surface area (Å²) in [7, 11) is 2.01. The van der Waals surface area contributed by atoms with Crippen LogP contribution in [-0.2, 0) is 13.0 Å². The van der Waals surface area contributed by atoms with E-state index in [2.05, 4.69) is 39.9 Å². The van der Waals surface area contributed by atoms with E-state index in [-0.39, 0.29) is 0 Å². The lowest BCUT2D eigenvalue weighted by atomic mass is 9.98. The van der Waals surface area contributed by atoms with Crippen LogP contribution in [0.1, 0.15) is 11.3 Å². The summed E-state index contributed by atoms with van der Waals surface area (Å²) < 4.78 is 0. The molecule has 3 heteroatoms. The van der Waals surface area contributed by atoms with Crippen LogP contribution in [0.5, 0.6) is 0 Å². The molecule has 16 heavy (non-hydrogen) atoms. The number of para-hydroxylation sites is 1. The van der Waals surface area contributed by atoms with Crippen LogP contribution in [0.25, 0.3) is 10.9 Å². The number of benzene rings is 1. The fraction of sp³-hybridized carbons (Fsp3) is 0.385. The average molecular weight is 215 g/mol. The molecule has 0 bridgehead atoms. The van der Waals surface area contributed by atoms with Gasteiger partial charge in [0.25, 0.3) is 0 Å². The van der Waals surface area contributed by atoms with E-state index in [9.17, 15) is 0 Å². The van der Waals surface area contributed by atoms with Gasteiger partial charge in [0, 0.05) is 35.7 Å². The molecule has 0 fully saturated rings. The lowest BCUT2D eigenvalue weighted by Crippen LogP contribution is -2.41. The van der Waals surface area contributed by atoms with Crippen LogP contribution in [0.2, 0.25) is 0 Å². The van der Waals surface area contributed by atoms with E-state index in [0.29, 0.717) is 6.04 Å². The van der Waals surface area contributed by atoms with Gasteiger partial charge in [-0.05, 0) is 25.1 Å². The lowest BCUT2D eigenvalue weighted by molar-refractivity contribution is 0.460. The average Bonchev–Trinajstić information content (AvgIpc) is 2.68. The molecule has 0 radical (unpaired) electrons. The number of likely N-dealkylation sites (N-methyl/N-ethyl adjacent to an activating group) is 1. The van der Waals surface area contributed by atoms with Crippen LogP contribution in [0.15, 0.2) is 24.3 Å². The quantitative estimate of drug-likeness (QED) is 0.708. The zero-order valence-electron chi connectivity index (χ0n) is 9.51. The number of nitrogens with one attached hydrogen (secondary N) is 3. The van der Waals surface area contributed by atoms with Crippen molar-refractivity contribution in [2.24, 2.45) is 0 Å². The number of aromatic amines is 1. The highest BCUT2D eigenvalue weighted by atomic mass is 15.0. The van der Waals surface area contributed by atoms with Gasteiger partial charge in [0.15, 0.2) is 0 Å². The lowest BCUT2D eigenvalue weighted by Gasteiger charge is -2.23. The minimum absolute atomic E-state index is 0.553. The minimum Gasteiger partial charge on any atom is -0.357 e. The van der Waals surface area contributed by atoms with Crippen molar-refractivity contribution in [2.75, 3.05) is 13.6 Å². The molecule has 1 aliphatic rings. The van der Waals surface area contributed by atoms with Crippen molar-refractivity contribution >= 4 is 10.9 Å². The van der Waals surface area contributed by atoms with Crippen LogP contribution in [0.3, 0.4) is 0 Å². The Balaban J connectivity index is 2.01. The number of hydrogen-bond acceptors (Lipinski definition) is 2. The molecule has 0 saturated carbocycles. The Morgan fingerprint density at radius 1 is 1.38 bits per heavy atom. The molecule has 1 aromatic carbocycles. The molecule has 3 N–H and O–H groups in total. The summed E-state index contributed by atoms with van der Waals surface area (Å²) in [5.74, 6) is 0. The summed E-state index contributed by atoms with van der Waals surface area (Å²) in [6.45, 7) is 1.98. The second-order valence-electron chi connectivity index (χ2n) is 4.47. The van der Waals surface area contributed by atoms with Crippen LogP contribution < -0.4 is 10.6 Å². The molecular formula is C13H17N3. The molecule has 1 aromatic heterocycles. The van der Waals surface area contributed by atoms with Crippen LogP contribution in [-0.4, -0.2) is 24.6 Å². The van der Waals surface area contributed by atoms with E-state index in [0.717, 1.165) is 19.5 Å². The van der Waals surface area contributed by atoms with E-state index in [1.807, 2.05) is 7.05 Å². The molecule has 0 amide bonds. The second-order valence-corrected chi connectivity index (χ2v) is 4.47. The van der Waals surface area contributed by atoms with Crippen molar-refractivity contribution in [3.8, 4) is 0 Å². The summed E-state index contributed by atoms with van der Waals surface area (Å²) in [5, 5.41) is 8.17. The van der Waals surface area contributed by atoms with Gasteiger partial charge in [-0.3, -0.25) is 0 Å². The predicted molar refractivity (Wildman–Crippen MR) is 66.6 cm³/mol. The van der Waals surface area contributed by atoms with Gasteiger partial charge in [0.05, 0.1) is 0 Å². The molecule has 2 heterocycles. The summed E-state index contributed by atoms with van der Waals surface area (Å²) in [6, 6.07) is 9.12. The Kier molecular flexibility index (Phi) is 2.42. The number of H-pyrrole nitrogens is 1. The summed E-state index contributed by atoms with van der Waals surface area (Å²) >= 11 is 0. The summed E-state index contributed by atoms with van der Waals surface area (Å²) in [5.41, 5.74) is 4.11. The van der Waals surface area contributed by atoms with Crippen LogP contribution in [0, 0.1) is 0 Å². The Morgan fingerprint density at radius 2 is 2.25 bits per heavy atom. The van der Waals surface area contributed by atoms with Gasteiger partial charge in [0.2, 0.25) is 0 Å². The first kappa shape index (κ1) is 9.87. The van der Waals surface area contributed by atoms with Crippen molar-refractivity contribution in [3.05, 3.63) is 35.5 Å². The van der Waals surface area contributed by atoms with Crippen molar-refractivity contribution in [1.82, 2.24) is 15.6 Å². The maximum Gasteiger partial charge on any atom is 0.0459 e. The topological polar surface area (TPSA) is 39.9 Å². The van der Waals surface area contributed by atoms with E-state index < -0.39 is 0 Å². The first-order valence-corrected chi connectivity index (χ1v) is 5.85. The van der Waals surface area contributed by atoms with Gasteiger partial charge in [-0.25, -0.2) is 0 Å². The predicted octanol–water partition coefficient (Wildman–Crippen LogP) is 1.40. The Labute approximate surface area is 95.2 Å². The first-order valence-electron chi connectivity index (χ1n) is 5.85. The third-order valence-corrected chi connectivity index (χ3v) is 3.37. The number of fused-ring (bicyclic) bond motifs is 3. The van der Waals surface area contributed by atoms with E-state index in [1.165, 1.54) is 22.2 Å². The highest BCUT2D eigenvalue weighted by molar-refractivity contribution is 5.84. The first-order chi connectivity index (χ1) is 7.88. The summed E-state index contributed by atoms with van der Waals surface area (Å²) in [4.78, 5) is 3.50. The van der Waals surface area contributed by atoms with E-state index >= 15 is 0 Å². The Bertz CT molecular complexity index is 501. The highest BCUT2D eigenvalue weighted by Crippen LogP contribution is 2.26. The monoisotopic (exact) mass is 215 g/mol. The fourth-order valence-electron chi connectivity index (χ4n) is 2.60. The molecular weight excluding hydrogens is 198 g/mol. The number of rotatable bonds is 2. The molecule has 3 nitrogen and oxygen atoms in total. The third kappa shape index (κ3) is 1.52. The number of hydrogen-bond donors (Lipinski definition) is 3. The normalized spacial score (nSPS) is 19.9. The van der Waals surface area contributed by atoms with Gasteiger partial charge in [-0.2, -0.15) is 0 Å². The van der Waals surface area contributed by atoms with Crippen molar-refractivity contribution in [1.29, 1.82) is 0 Å². The maximum absolute atomic E-state index is 3.54. The molecule has 1 atom stereocenters. The zero-order chi connectivity index (χ0) is 11.0. The molecule has 84 valence electrons. The van der Waals surface area contributed by atoms with Crippen molar-refractivity contribution in [3.63, 3.8) is 0 Å². The molecule has 0 saturated heterocycles. The van der Waals surface area contributed by atoms with Gasteiger partial charge in [-0.1, -0.05) is 18.2 Å². The Hall–Kier alpha value is -1.32. The van der Waals surface area contributed by atoms with Crippen molar-refractivity contribution in [2.45, 2.75) is 19.0 Å². The molecule has 0 aliphatic carbocycles. The van der Waals surface area contributed by atoms with Crippen LogP contribution >= 0.6 is 0 Å². The largest absolute Gasteiger partial charge is 0.357 e. The minimum atomic E-state index is 0.553.